The van der Waals surface area contributed by atoms with Crippen LogP contribution in [-0.2, 0) is 9.59 Å². The molecule has 3 rings (SSSR count). The Morgan fingerprint density at radius 1 is 1.09 bits per heavy atom. The predicted molar refractivity (Wildman–Crippen MR) is 121 cm³/mol. The van der Waals surface area contributed by atoms with E-state index in [1.165, 1.54) is 31.3 Å². The van der Waals surface area contributed by atoms with Gasteiger partial charge in [0, 0.05) is 12.6 Å². The summed E-state index contributed by atoms with van der Waals surface area (Å²) in [6.07, 6.45) is 0.645. The third-order valence-corrected chi connectivity index (χ3v) is 5.51. The molecule has 0 saturated carbocycles. The van der Waals surface area contributed by atoms with Crippen LogP contribution in [0.5, 0.6) is 17.2 Å². The minimum atomic E-state index is -0.777. The minimum Gasteiger partial charge on any atom is -0.507 e. The molecule has 7 nitrogen and oxygen atoms in total. The fourth-order valence-corrected chi connectivity index (χ4v) is 4.07. The van der Waals surface area contributed by atoms with E-state index >= 15 is 0 Å². The zero-order chi connectivity index (χ0) is 23.4. The van der Waals surface area contributed by atoms with Crippen LogP contribution in [0, 0.1) is 0 Å². The first-order valence-corrected chi connectivity index (χ1v) is 10.7. The number of hydrogen-bond donors (Lipinski definition) is 1. The monoisotopic (exact) mass is 459 g/mol. The summed E-state index contributed by atoms with van der Waals surface area (Å²) < 4.78 is 16.2. The van der Waals surface area contributed by atoms with Crippen LogP contribution in [0.25, 0.3) is 5.76 Å². The predicted octanol–water partition coefficient (Wildman–Crippen LogP) is 4.59. The Balaban J connectivity index is 2.25. The number of aliphatic hydroxyl groups excluding tert-OH is 1. The SMILES string of the molecule is CCCN1C(=O)C(=O)/C(=C(/O)c2cc(Cl)c(OC)cc2OC)C1c1cccc(OCC)c1. The molecule has 0 bridgehead atoms. The van der Waals surface area contributed by atoms with Gasteiger partial charge >= 0.3 is 0 Å². The summed E-state index contributed by atoms with van der Waals surface area (Å²) in [7, 11) is 2.89. The van der Waals surface area contributed by atoms with Crippen LogP contribution in [-0.4, -0.2) is 49.1 Å². The molecule has 1 heterocycles. The lowest BCUT2D eigenvalue weighted by Gasteiger charge is -2.25. The molecule has 0 radical (unpaired) electrons. The highest BCUT2D eigenvalue weighted by Gasteiger charge is 2.46. The summed E-state index contributed by atoms with van der Waals surface area (Å²) in [5, 5.41) is 11.5. The molecule has 8 heteroatoms. The second-order valence-corrected chi connectivity index (χ2v) is 7.59. The molecule has 2 aromatic rings. The molecule has 2 aromatic carbocycles. The average molecular weight is 460 g/mol. The van der Waals surface area contributed by atoms with Crippen molar-refractivity contribution in [2.75, 3.05) is 27.4 Å². The van der Waals surface area contributed by atoms with Gasteiger partial charge in [0.25, 0.3) is 11.7 Å². The molecule has 0 aliphatic carbocycles. The highest BCUT2D eigenvalue weighted by atomic mass is 35.5. The van der Waals surface area contributed by atoms with Crippen molar-refractivity contribution >= 4 is 29.1 Å². The van der Waals surface area contributed by atoms with Crippen LogP contribution >= 0.6 is 11.6 Å². The Hall–Kier alpha value is -3.19. The maximum Gasteiger partial charge on any atom is 0.295 e. The molecule has 1 atom stereocenters. The number of likely N-dealkylation sites (tertiary alicyclic amines) is 1. The average Bonchev–Trinajstić information content (AvgIpc) is 3.04. The van der Waals surface area contributed by atoms with E-state index < -0.39 is 17.7 Å². The lowest BCUT2D eigenvalue weighted by molar-refractivity contribution is -0.139. The summed E-state index contributed by atoms with van der Waals surface area (Å²) in [6.45, 7) is 4.61. The first-order valence-electron chi connectivity index (χ1n) is 10.3. The number of ketones is 1. The van der Waals surface area contributed by atoms with E-state index in [2.05, 4.69) is 0 Å². The van der Waals surface area contributed by atoms with Crippen molar-refractivity contribution < 1.29 is 28.9 Å². The standard InChI is InChI=1S/C24H26ClNO6/c1-5-10-26-21(14-8-7-9-15(11-14)32-6-2)20(23(28)24(26)29)22(27)16-12-17(25)19(31-4)13-18(16)30-3/h7-9,11-13,21,27H,5-6,10H2,1-4H3/b22-20+. The lowest BCUT2D eigenvalue weighted by Crippen LogP contribution is -2.30. The van der Waals surface area contributed by atoms with E-state index in [1.807, 2.05) is 13.8 Å². The number of nitrogens with zero attached hydrogens (tertiary/aromatic N) is 1. The van der Waals surface area contributed by atoms with Gasteiger partial charge in [0.15, 0.2) is 0 Å². The molecule has 0 spiro atoms. The Kier molecular flexibility index (Phi) is 7.30. The first-order chi connectivity index (χ1) is 15.4. The fourth-order valence-electron chi connectivity index (χ4n) is 3.83. The van der Waals surface area contributed by atoms with Crippen molar-refractivity contribution in [3.8, 4) is 17.2 Å². The van der Waals surface area contributed by atoms with Crippen LogP contribution in [0.15, 0.2) is 42.0 Å². The van der Waals surface area contributed by atoms with Crippen LogP contribution in [0.1, 0.15) is 37.4 Å². The summed E-state index contributed by atoms with van der Waals surface area (Å²) in [6, 6.07) is 9.35. The number of methoxy groups -OCH3 is 2. The molecule has 1 amide bonds. The number of carbonyl (C=O) groups excluding carboxylic acids is 2. The molecule has 1 aliphatic rings. The number of carbonyl (C=O) groups is 2. The minimum absolute atomic E-state index is 0.0309. The molecule has 170 valence electrons. The van der Waals surface area contributed by atoms with Crippen LogP contribution in [0.2, 0.25) is 5.02 Å². The zero-order valence-corrected chi connectivity index (χ0v) is 19.2. The third-order valence-electron chi connectivity index (χ3n) is 5.22. The van der Waals surface area contributed by atoms with Crippen molar-refractivity contribution in [1.82, 2.24) is 4.90 Å². The highest BCUT2D eigenvalue weighted by Crippen LogP contribution is 2.43. The molecule has 1 N–H and O–H groups in total. The van der Waals surface area contributed by atoms with Gasteiger partial charge in [0.1, 0.15) is 23.0 Å². The lowest BCUT2D eigenvalue weighted by atomic mass is 9.94. The van der Waals surface area contributed by atoms with Crippen LogP contribution in [0.4, 0.5) is 0 Å². The van der Waals surface area contributed by atoms with Gasteiger partial charge in [-0.05, 0) is 37.1 Å². The number of amides is 1. The maximum atomic E-state index is 13.1. The van der Waals surface area contributed by atoms with Crippen molar-refractivity contribution in [2.24, 2.45) is 0 Å². The Labute approximate surface area is 192 Å². The summed E-state index contributed by atoms with van der Waals surface area (Å²) in [5.41, 5.74) is 0.819. The number of benzene rings is 2. The summed E-state index contributed by atoms with van der Waals surface area (Å²) in [5.74, 6) is -0.581. The molecular formula is C24H26ClNO6. The normalized spacial score (nSPS) is 17.5. The first kappa shape index (κ1) is 23.5. The van der Waals surface area contributed by atoms with Gasteiger partial charge in [-0.25, -0.2) is 0 Å². The number of halogens is 1. The number of Topliss-reactive ketones (excluding diaryl/α,β-unsaturated/α-hetero) is 1. The molecule has 1 saturated heterocycles. The Morgan fingerprint density at radius 3 is 2.44 bits per heavy atom. The molecule has 32 heavy (non-hydrogen) atoms. The highest BCUT2D eigenvalue weighted by molar-refractivity contribution is 6.46. The van der Waals surface area contributed by atoms with Gasteiger partial charge in [0.05, 0.1) is 43.0 Å². The van der Waals surface area contributed by atoms with Crippen LogP contribution < -0.4 is 14.2 Å². The smallest absolute Gasteiger partial charge is 0.295 e. The molecule has 1 unspecified atom stereocenters. The fraction of sp³-hybridized carbons (Fsp3) is 0.333. The second-order valence-electron chi connectivity index (χ2n) is 7.19. The van der Waals surface area contributed by atoms with E-state index in [-0.39, 0.29) is 27.7 Å². The van der Waals surface area contributed by atoms with Gasteiger partial charge in [-0.2, -0.15) is 0 Å². The number of aliphatic hydroxyl groups is 1. The zero-order valence-electron chi connectivity index (χ0n) is 18.5. The number of rotatable bonds is 8. The number of ether oxygens (including phenoxy) is 3. The quantitative estimate of drug-likeness (QED) is 0.353. The molecule has 0 aromatic heterocycles. The van der Waals surface area contributed by atoms with Crippen molar-refractivity contribution in [2.45, 2.75) is 26.3 Å². The molecule has 1 aliphatic heterocycles. The van der Waals surface area contributed by atoms with E-state index in [4.69, 9.17) is 25.8 Å². The van der Waals surface area contributed by atoms with Gasteiger partial charge in [-0.3, -0.25) is 9.59 Å². The van der Waals surface area contributed by atoms with Crippen molar-refractivity contribution in [1.29, 1.82) is 0 Å². The van der Waals surface area contributed by atoms with Gasteiger partial charge < -0.3 is 24.2 Å². The summed E-state index contributed by atoms with van der Waals surface area (Å²) in [4.78, 5) is 27.4. The van der Waals surface area contributed by atoms with E-state index in [9.17, 15) is 14.7 Å². The largest absolute Gasteiger partial charge is 0.507 e. The Bertz CT molecular complexity index is 1060. The number of hydrogen-bond acceptors (Lipinski definition) is 6. The third kappa shape index (κ3) is 4.25. The van der Waals surface area contributed by atoms with E-state index in [0.29, 0.717) is 36.6 Å². The molecule has 1 fully saturated rings. The van der Waals surface area contributed by atoms with Crippen molar-refractivity contribution in [3.05, 3.63) is 58.1 Å². The van der Waals surface area contributed by atoms with Gasteiger partial charge in [-0.1, -0.05) is 30.7 Å². The second kappa shape index (κ2) is 9.96. The van der Waals surface area contributed by atoms with Gasteiger partial charge in [0.2, 0.25) is 0 Å². The van der Waals surface area contributed by atoms with Crippen molar-refractivity contribution in [3.63, 3.8) is 0 Å². The Morgan fingerprint density at radius 2 is 1.81 bits per heavy atom. The van der Waals surface area contributed by atoms with Crippen LogP contribution in [0.3, 0.4) is 0 Å². The topological polar surface area (TPSA) is 85.3 Å². The van der Waals surface area contributed by atoms with Gasteiger partial charge in [-0.15, -0.1) is 0 Å². The van der Waals surface area contributed by atoms with E-state index in [0.717, 1.165) is 0 Å². The maximum absolute atomic E-state index is 13.1. The summed E-state index contributed by atoms with van der Waals surface area (Å²) >= 11 is 6.27. The van der Waals surface area contributed by atoms with E-state index in [1.54, 1.807) is 24.3 Å². The molecular weight excluding hydrogens is 434 g/mol.